The third kappa shape index (κ3) is 2.88. The largest absolute Gasteiger partial charge is 0.479 e. The predicted octanol–water partition coefficient (Wildman–Crippen LogP) is 2.71. The third-order valence-corrected chi connectivity index (χ3v) is 5.79. The highest BCUT2D eigenvalue weighted by molar-refractivity contribution is 5.99. The summed E-state index contributed by atoms with van der Waals surface area (Å²) in [5, 5.41) is 16.6. The van der Waals surface area contributed by atoms with Crippen LogP contribution in [-0.4, -0.2) is 45.0 Å². The Morgan fingerprint density at radius 1 is 1.39 bits per heavy atom. The lowest BCUT2D eigenvalue weighted by Crippen LogP contribution is -2.76. The molecule has 7 nitrogen and oxygen atoms in total. The molecule has 0 bridgehead atoms. The molecule has 2 unspecified atom stereocenters. The second-order valence-corrected chi connectivity index (χ2v) is 7.54. The van der Waals surface area contributed by atoms with Gasteiger partial charge in [-0.15, -0.1) is 0 Å². The monoisotopic (exact) mass is 389 g/mol. The van der Waals surface area contributed by atoms with Gasteiger partial charge >= 0.3 is 5.97 Å². The molecular formula is C20H24FN3O4. The number of benzene rings is 1. The van der Waals surface area contributed by atoms with E-state index in [-0.39, 0.29) is 23.8 Å². The van der Waals surface area contributed by atoms with Gasteiger partial charge in [-0.05, 0) is 26.0 Å². The summed E-state index contributed by atoms with van der Waals surface area (Å²) < 4.78 is 21.0. The quantitative estimate of drug-likeness (QED) is 0.792. The van der Waals surface area contributed by atoms with Crippen molar-refractivity contribution in [1.29, 1.82) is 0 Å². The van der Waals surface area contributed by atoms with E-state index in [2.05, 4.69) is 10.4 Å². The molecule has 1 amide bonds. The van der Waals surface area contributed by atoms with Crippen molar-refractivity contribution >= 4 is 11.9 Å². The first-order valence-corrected chi connectivity index (χ1v) is 9.12. The number of carbonyl (C=O) groups excluding carboxylic acids is 1. The van der Waals surface area contributed by atoms with Crippen LogP contribution in [0, 0.1) is 18.2 Å². The van der Waals surface area contributed by atoms with E-state index < -0.39 is 28.6 Å². The zero-order valence-electron chi connectivity index (χ0n) is 16.3. The van der Waals surface area contributed by atoms with Crippen LogP contribution in [0.4, 0.5) is 4.39 Å². The lowest BCUT2D eigenvalue weighted by molar-refractivity contribution is -0.190. The fourth-order valence-electron chi connectivity index (χ4n) is 3.80. The summed E-state index contributed by atoms with van der Waals surface area (Å²) in [6.07, 6.45) is 1.23. The lowest BCUT2D eigenvalue weighted by Gasteiger charge is -2.58. The molecule has 0 spiro atoms. The van der Waals surface area contributed by atoms with E-state index in [9.17, 15) is 19.1 Å². The van der Waals surface area contributed by atoms with Gasteiger partial charge in [-0.1, -0.05) is 26.0 Å². The molecule has 28 heavy (non-hydrogen) atoms. The van der Waals surface area contributed by atoms with Crippen molar-refractivity contribution in [1.82, 2.24) is 15.1 Å². The number of aliphatic carboxylic acids is 1. The number of nitrogens with zero attached hydrogens (tertiary/aromatic N) is 2. The summed E-state index contributed by atoms with van der Waals surface area (Å²) in [7, 11) is 0. The standard InChI is InChI=1S/C20H24FN3O4/c1-5-28-16-10-20(18(26)27,19(16,3)4)23-17(25)13-11-22-24(12(13)2)15-9-7-6-8-14(15)21/h6-9,11,16H,5,10H2,1-4H3,(H,23,25)(H,26,27). The Morgan fingerprint density at radius 3 is 2.64 bits per heavy atom. The Labute approximate surface area is 162 Å². The van der Waals surface area contributed by atoms with Gasteiger partial charge in [0.1, 0.15) is 17.0 Å². The van der Waals surface area contributed by atoms with E-state index >= 15 is 0 Å². The highest BCUT2D eigenvalue weighted by atomic mass is 19.1. The van der Waals surface area contributed by atoms with E-state index in [1.165, 1.54) is 16.9 Å². The summed E-state index contributed by atoms with van der Waals surface area (Å²) in [4.78, 5) is 24.9. The molecule has 0 radical (unpaired) electrons. The normalized spacial score (nSPS) is 23.1. The highest BCUT2D eigenvalue weighted by Crippen LogP contribution is 2.51. The predicted molar refractivity (Wildman–Crippen MR) is 99.9 cm³/mol. The van der Waals surface area contributed by atoms with Crippen LogP contribution in [0.5, 0.6) is 0 Å². The summed E-state index contributed by atoms with van der Waals surface area (Å²) in [5.41, 5.74) is -1.41. The van der Waals surface area contributed by atoms with Crippen molar-refractivity contribution in [3.05, 3.63) is 47.5 Å². The van der Waals surface area contributed by atoms with Crippen LogP contribution in [0.1, 0.15) is 43.2 Å². The molecule has 1 aliphatic rings. The number of para-hydroxylation sites is 1. The Balaban J connectivity index is 1.89. The van der Waals surface area contributed by atoms with E-state index in [0.29, 0.717) is 12.3 Å². The van der Waals surface area contributed by atoms with Crippen molar-refractivity contribution < 1.29 is 23.8 Å². The van der Waals surface area contributed by atoms with Crippen LogP contribution >= 0.6 is 0 Å². The zero-order chi connectivity index (χ0) is 20.7. The van der Waals surface area contributed by atoms with Crippen molar-refractivity contribution in [2.75, 3.05) is 6.61 Å². The molecule has 0 aliphatic heterocycles. The maximum atomic E-state index is 14.1. The molecule has 2 N–H and O–H groups in total. The smallest absolute Gasteiger partial charge is 0.330 e. The molecule has 1 aromatic carbocycles. The minimum absolute atomic E-state index is 0.176. The summed E-state index contributed by atoms with van der Waals surface area (Å²) in [5.74, 6) is -2.14. The first-order chi connectivity index (χ1) is 13.2. The van der Waals surface area contributed by atoms with E-state index in [4.69, 9.17) is 4.74 Å². The Bertz CT molecular complexity index is 924. The maximum absolute atomic E-state index is 14.1. The molecule has 1 aromatic heterocycles. The molecule has 1 heterocycles. The number of nitrogens with one attached hydrogen (secondary N) is 1. The Morgan fingerprint density at radius 2 is 2.07 bits per heavy atom. The van der Waals surface area contributed by atoms with Crippen LogP contribution in [0.3, 0.4) is 0 Å². The van der Waals surface area contributed by atoms with Crippen molar-refractivity contribution in [2.45, 2.75) is 45.8 Å². The lowest BCUT2D eigenvalue weighted by atomic mass is 9.54. The number of aromatic nitrogens is 2. The number of halogens is 1. The van der Waals surface area contributed by atoms with Gasteiger partial charge in [0.05, 0.1) is 23.6 Å². The van der Waals surface area contributed by atoms with Crippen molar-refractivity contribution in [2.24, 2.45) is 5.41 Å². The first kappa shape index (κ1) is 20.0. The number of carboxylic acid groups (broad SMARTS) is 1. The second-order valence-electron chi connectivity index (χ2n) is 7.54. The SMILES string of the molecule is CCOC1CC(NC(=O)c2cnn(-c3ccccc3F)c2C)(C(=O)O)C1(C)C. The van der Waals surface area contributed by atoms with E-state index in [1.807, 2.05) is 6.92 Å². The van der Waals surface area contributed by atoms with Crippen molar-refractivity contribution in [3.63, 3.8) is 0 Å². The number of carboxylic acids is 1. The minimum Gasteiger partial charge on any atom is -0.479 e. The fourth-order valence-corrected chi connectivity index (χ4v) is 3.80. The molecular weight excluding hydrogens is 365 g/mol. The number of ether oxygens (including phenoxy) is 1. The van der Waals surface area contributed by atoms with E-state index in [1.54, 1.807) is 39.0 Å². The number of hydrogen-bond acceptors (Lipinski definition) is 4. The van der Waals surface area contributed by atoms with Crippen LogP contribution in [-0.2, 0) is 9.53 Å². The van der Waals surface area contributed by atoms with Crippen LogP contribution < -0.4 is 5.32 Å². The summed E-state index contributed by atoms with van der Waals surface area (Å²) in [6.45, 7) is 7.47. The minimum atomic E-state index is -1.45. The molecule has 1 aliphatic carbocycles. The van der Waals surface area contributed by atoms with Gasteiger partial charge in [0, 0.05) is 18.4 Å². The fraction of sp³-hybridized carbons (Fsp3) is 0.450. The summed E-state index contributed by atoms with van der Waals surface area (Å²) in [6, 6.07) is 6.09. The molecule has 1 fully saturated rings. The second kappa shape index (κ2) is 7.01. The van der Waals surface area contributed by atoms with Crippen LogP contribution in [0.25, 0.3) is 5.69 Å². The van der Waals surface area contributed by atoms with Crippen LogP contribution in [0.15, 0.2) is 30.5 Å². The maximum Gasteiger partial charge on any atom is 0.330 e. The van der Waals surface area contributed by atoms with Gasteiger partial charge in [-0.2, -0.15) is 5.10 Å². The number of hydrogen-bond donors (Lipinski definition) is 2. The Kier molecular flexibility index (Phi) is 5.01. The molecule has 2 atom stereocenters. The molecule has 3 rings (SSSR count). The van der Waals surface area contributed by atoms with Gasteiger partial charge in [-0.3, -0.25) is 4.79 Å². The topological polar surface area (TPSA) is 93.5 Å². The first-order valence-electron chi connectivity index (χ1n) is 9.12. The van der Waals surface area contributed by atoms with Crippen LogP contribution in [0.2, 0.25) is 0 Å². The highest BCUT2D eigenvalue weighted by Gasteiger charge is 2.66. The molecule has 8 heteroatoms. The average Bonchev–Trinajstić information content (AvgIpc) is 3.02. The van der Waals surface area contributed by atoms with Gasteiger partial charge in [-0.25, -0.2) is 13.9 Å². The molecule has 150 valence electrons. The van der Waals surface area contributed by atoms with Gasteiger partial charge in [0.2, 0.25) is 0 Å². The van der Waals surface area contributed by atoms with Crippen molar-refractivity contribution in [3.8, 4) is 5.69 Å². The number of amides is 1. The van der Waals surface area contributed by atoms with E-state index in [0.717, 1.165) is 0 Å². The molecule has 1 saturated carbocycles. The zero-order valence-corrected chi connectivity index (χ0v) is 16.3. The van der Waals surface area contributed by atoms with Gasteiger partial charge < -0.3 is 15.2 Å². The van der Waals surface area contributed by atoms with Gasteiger partial charge in [0.15, 0.2) is 0 Å². The number of carbonyl (C=O) groups is 2. The van der Waals surface area contributed by atoms with Gasteiger partial charge in [0.25, 0.3) is 5.91 Å². The average molecular weight is 389 g/mol. The molecule has 2 aromatic rings. The third-order valence-electron chi connectivity index (χ3n) is 5.79. The number of rotatable bonds is 6. The summed E-state index contributed by atoms with van der Waals surface area (Å²) >= 11 is 0. The Hall–Kier alpha value is -2.74. The molecule has 0 saturated heterocycles.